The normalized spacial score (nSPS) is 21.6. The number of carbonyl (C=O) groups excluding carboxylic acids is 1. The molecule has 1 amide bonds. The van der Waals surface area contributed by atoms with Crippen molar-refractivity contribution in [3.05, 3.63) is 0 Å². The van der Waals surface area contributed by atoms with Crippen LogP contribution in [0.3, 0.4) is 0 Å². The highest BCUT2D eigenvalue weighted by atomic mass is 32.2. The molecule has 0 bridgehead atoms. The molecule has 0 aromatic rings. The molecule has 1 unspecified atom stereocenters. The highest BCUT2D eigenvalue weighted by molar-refractivity contribution is 7.87. The van der Waals surface area contributed by atoms with Crippen molar-refractivity contribution in [3.63, 3.8) is 0 Å². The summed E-state index contributed by atoms with van der Waals surface area (Å²) >= 11 is 0. The predicted molar refractivity (Wildman–Crippen MR) is 65.6 cm³/mol. The van der Waals surface area contributed by atoms with Crippen LogP contribution in [0.2, 0.25) is 0 Å². The van der Waals surface area contributed by atoms with Gasteiger partial charge in [0, 0.05) is 20.1 Å². The molecule has 0 radical (unpaired) electrons. The van der Waals surface area contributed by atoms with E-state index in [1.807, 2.05) is 6.92 Å². The molecule has 0 spiro atoms. The molecule has 1 aliphatic heterocycles. The zero-order valence-corrected chi connectivity index (χ0v) is 11.2. The van der Waals surface area contributed by atoms with Crippen molar-refractivity contribution >= 4 is 16.1 Å². The second-order valence-electron chi connectivity index (χ2n) is 4.28. The largest absolute Gasteiger partial charge is 0.355 e. The Hall–Kier alpha value is -0.660. The first kappa shape index (κ1) is 14.4. The molecule has 0 aliphatic carbocycles. The fourth-order valence-electron chi connectivity index (χ4n) is 1.66. The van der Waals surface area contributed by atoms with E-state index >= 15 is 0 Å². The number of nitrogens with zero attached hydrogens (tertiary/aromatic N) is 1. The van der Waals surface area contributed by atoms with E-state index in [-0.39, 0.29) is 5.91 Å². The summed E-state index contributed by atoms with van der Waals surface area (Å²) in [5, 5.41) is 2.65. The maximum absolute atomic E-state index is 11.9. The maximum atomic E-state index is 11.9. The van der Waals surface area contributed by atoms with E-state index in [1.165, 1.54) is 11.4 Å². The molecule has 17 heavy (non-hydrogen) atoms. The molecular formula is C10H21N3O3S. The van der Waals surface area contributed by atoms with Crippen LogP contribution in [0.5, 0.6) is 0 Å². The first-order valence-corrected chi connectivity index (χ1v) is 7.42. The third-order valence-corrected chi connectivity index (χ3v) is 4.40. The summed E-state index contributed by atoms with van der Waals surface area (Å²) in [5.41, 5.74) is 0. The summed E-state index contributed by atoms with van der Waals surface area (Å²) in [6.45, 7) is 3.10. The van der Waals surface area contributed by atoms with Gasteiger partial charge in [0.2, 0.25) is 5.91 Å². The van der Waals surface area contributed by atoms with Crippen LogP contribution in [0, 0.1) is 0 Å². The molecule has 6 nitrogen and oxygen atoms in total. The lowest BCUT2D eigenvalue weighted by Gasteiger charge is -2.25. The number of unbranched alkanes of at least 4 members (excludes halogenated alkanes) is 1. The Labute approximate surface area is 103 Å². The third-order valence-electron chi connectivity index (χ3n) is 2.81. The minimum Gasteiger partial charge on any atom is -0.355 e. The van der Waals surface area contributed by atoms with E-state index in [0.29, 0.717) is 19.5 Å². The minimum absolute atomic E-state index is 0.233. The Bertz CT molecular complexity index is 356. The molecule has 1 aliphatic rings. The second-order valence-corrected chi connectivity index (χ2v) is 6.09. The molecule has 0 aromatic heterocycles. The Morgan fingerprint density at radius 3 is 2.82 bits per heavy atom. The lowest BCUT2D eigenvalue weighted by molar-refractivity contribution is -0.124. The van der Waals surface area contributed by atoms with Gasteiger partial charge in [0.05, 0.1) is 0 Å². The van der Waals surface area contributed by atoms with Crippen LogP contribution in [-0.4, -0.2) is 44.8 Å². The van der Waals surface area contributed by atoms with Crippen molar-refractivity contribution < 1.29 is 13.2 Å². The fraction of sp³-hybridized carbons (Fsp3) is 0.900. The first-order valence-electron chi connectivity index (χ1n) is 5.98. The minimum atomic E-state index is -3.54. The van der Waals surface area contributed by atoms with Crippen molar-refractivity contribution in [1.82, 2.24) is 14.3 Å². The lowest BCUT2D eigenvalue weighted by atomic mass is 10.1. The molecule has 1 atom stereocenters. The average Bonchev–Trinajstić information content (AvgIpc) is 2.28. The SMILES string of the molecule is CCCCN(C)S(=O)(=O)NC1CCCNC1=O. The molecule has 1 saturated heterocycles. The summed E-state index contributed by atoms with van der Waals surface area (Å²) in [6, 6.07) is -0.627. The molecular weight excluding hydrogens is 242 g/mol. The van der Waals surface area contributed by atoms with Crippen LogP contribution in [-0.2, 0) is 15.0 Å². The molecule has 0 saturated carbocycles. The molecule has 7 heteroatoms. The summed E-state index contributed by atoms with van der Waals surface area (Å²) in [7, 11) is -2.02. The molecule has 100 valence electrons. The molecule has 1 heterocycles. The van der Waals surface area contributed by atoms with Gasteiger partial charge in [-0.3, -0.25) is 4.79 Å². The van der Waals surface area contributed by atoms with E-state index in [4.69, 9.17) is 0 Å². The van der Waals surface area contributed by atoms with Gasteiger partial charge < -0.3 is 5.32 Å². The summed E-state index contributed by atoms with van der Waals surface area (Å²) in [6.07, 6.45) is 3.11. The van der Waals surface area contributed by atoms with Gasteiger partial charge in [-0.1, -0.05) is 13.3 Å². The van der Waals surface area contributed by atoms with Gasteiger partial charge >= 0.3 is 0 Å². The van der Waals surface area contributed by atoms with E-state index < -0.39 is 16.3 Å². The highest BCUT2D eigenvalue weighted by Crippen LogP contribution is 2.06. The van der Waals surface area contributed by atoms with E-state index in [0.717, 1.165) is 19.3 Å². The van der Waals surface area contributed by atoms with Crippen LogP contribution in [0.1, 0.15) is 32.6 Å². The second kappa shape index (κ2) is 6.32. The van der Waals surface area contributed by atoms with Gasteiger partial charge in [-0.15, -0.1) is 0 Å². The Morgan fingerprint density at radius 1 is 1.53 bits per heavy atom. The van der Waals surface area contributed by atoms with Gasteiger partial charge in [0.15, 0.2) is 0 Å². The summed E-state index contributed by atoms with van der Waals surface area (Å²) in [4.78, 5) is 11.5. The van der Waals surface area contributed by atoms with Crippen molar-refractivity contribution in [2.24, 2.45) is 0 Å². The fourth-order valence-corrected chi connectivity index (χ4v) is 2.79. The molecule has 1 fully saturated rings. The highest BCUT2D eigenvalue weighted by Gasteiger charge is 2.28. The maximum Gasteiger partial charge on any atom is 0.279 e. The van der Waals surface area contributed by atoms with Gasteiger partial charge in [-0.25, -0.2) is 0 Å². The van der Waals surface area contributed by atoms with Gasteiger partial charge in [0.25, 0.3) is 10.2 Å². The summed E-state index contributed by atoms with van der Waals surface area (Å²) < 4.78 is 27.5. The van der Waals surface area contributed by atoms with Crippen LogP contribution in [0.25, 0.3) is 0 Å². The number of nitrogens with one attached hydrogen (secondary N) is 2. The zero-order valence-electron chi connectivity index (χ0n) is 10.4. The van der Waals surface area contributed by atoms with E-state index in [2.05, 4.69) is 10.0 Å². The van der Waals surface area contributed by atoms with Crippen LogP contribution in [0.4, 0.5) is 0 Å². The number of rotatable bonds is 6. The number of carbonyl (C=O) groups is 1. The van der Waals surface area contributed by atoms with Gasteiger partial charge in [-0.05, 0) is 19.3 Å². The van der Waals surface area contributed by atoms with E-state index in [9.17, 15) is 13.2 Å². The molecule has 0 aromatic carbocycles. The summed E-state index contributed by atoms with van der Waals surface area (Å²) in [5.74, 6) is -0.233. The smallest absolute Gasteiger partial charge is 0.279 e. The first-order chi connectivity index (χ1) is 7.97. The van der Waals surface area contributed by atoms with E-state index in [1.54, 1.807) is 0 Å². The number of amides is 1. The van der Waals surface area contributed by atoms with Crippen LogP contribution < -0.4 is 10.0 Å². The standard InChI is InChI=1S/C10H21N3O3S/c1-3-4-8-13(2)17(15,16)12-9-6-5-7-11-10(9)14/h9,12H,3-8H2,1-2H3,(H,11,14). The Morgan fingerprint density at radius 2 is 2.24 bits per heavy atom. The van der Waals surface area contributed by atoms with Gasteiger partial charge in [-0.2, -0.15) is 17.4 Å². The Kier molecular flexibility index (Phi) is 5.35. The number of piperidine rings is 1. The number of hydrogen-bond donors (Lipinski definition) is 2. The van der Waals surface area contributed by atoms with Crippen molar-refractivity contribution in [3.8, 4) is 0 Å². The van der Waals surface area contributed by atoms with Gasteiger partial charge in [0.1, 0.15) is 6.04 Å². The van der Waals surface area contributed by atoms with Crippen LogP contribution in [0.15, 0.2) is 0 Å². The monoisotopic (exact) mass is 263 g/mol. The average molecular weight is 263 g/mol. The topological polar surface area (TPSA) is 78.5 Å². The molecule has 2 N–H and O–H groups in total. The molecule has 1 rings (SSSR count). The third kappa shape index (κ3) is 4.25. The zero-order chi connectivity index (χ0) is 12.9. The predicted octanol–water partition coefficient (Wildman–Crippen LogP) is -0.169. The van der Waals surface area contributed by atoms with Crippen molar-refractivity contribution in [2.75, 3.05) is 20.1 Å². The van der Waals surface area contributed by atoms with Crippen LogP contribution >= 0.6 is 0 Å². The quantitative estimate of drug-likeness (QED) is 0.698. The van der Waals surface area contributed by atoms with Crippen molar-refractivity contribution in [1.29, 1.82) is 0 Å². The number of hydrogen-bond acceptors (Lipinski definition) is 3. The lowest BCUT2D eigenvalue weighted by Crippen LogP contribution is -2.53. The van der Waals surface area contributed by atoms with Crippen molar-refractivity contribution in [2.45, 2.75) is 38.6 Å². The Balaban J connectivity index is 2.55.